The minimum Gasteiger partial charge on any atom is -0.489 e. The lowest BCUT2D eigenvalue weighted by molar-refractivity contribution is 0.0737. The first-order valence-corrected chi connectivity index (χ1v) is 11.5. The molecule has 0 spiro atoms. The Morgan fingerprint density at radius 3 is 3.00 bits per heavy atom. The number of imidazole rings is 1. The zero-order valence-electron chi connectivity index (χ0n) is 19.4. The molecule has 4 aromatic rings. The van der Waals surface area contributed by atoms with Gasteiger partial charge in [0.2, 0.25) is 0 Å². The van der Waals surface area contributed by atoms with Gasteiger partial charge >= 0.3 is 0 Å². The number of hydrogen-bond acceptors (Lipinski definition) is 6. The van der Waals surface area contributed by atoms with Crippen molar-refractivity contribution >= 4 is 11.6 Å². The van der Waals surface area contributed by atoms with Gasteiger partial charge in [0.25, 0.3) is 5.91 Å². The van der Waals surface area contributed by atoms with Crippen molar-refractivity contribution in [3.05, 3.63) is 83.1 Å². The number of hydrogen-bond donors (Lipinski definition) is 0. The van der Waals surface area contributed by atoms with Crippen LogP contribution in [-0.4, -0.2) is 51.7 Å². The molecule has 8 heteroatoms. The molecule has 0 unspecified atom stereocenters. The average Bonchev–Trinajstić information content (AvgIpc) is 3.36. The van der Waals surface area contributed by atoms with E-state index in [4.69, 9.17) is 14.0 Å². The Morgan fingerprint density at radius 1 is 1.24 bits per heavy atom. The van der Waals surface area contributed by atoms with Crippen molar-refractivity contribution < 1.29 is 18.8 Å². The van der Waals surface area contributed by atoms with Gasteiger partial charge in [-0.25, -0.2) is 4.98 Å². The quantitative estimate of drug-likeness (QED) is 0.435. The van der Waals surface area contributed by atoms with Crippen molar-refractivity contribution in [2.45, 2.75) is 26.9 Å². The Balaban J connectivity index is 1.26. The summed E-state index contributed by atoms with van der Waals surface area (Å²) in [4.78, 5) is 19.6. The fourth-order valence-electron chi connectivity index (χ4n) is 4.37. The highest BCUT2D eigenvalue weighted by Gasteiger charge is 2.24. The van der Waals surface area contributed by atoms with Crippen LogP contribution in [0.2, 0.25) is 0 Å². The number of aromatic nitrogens is 3. The molecule has 0 N–H and O–H groups in total. The van der Waals surface area contributed by atoms with Crippen molar-refractivity contribution in [3.8, 4) is 5.75 Å². The topological polar surface area (TPSA) is 82.1 Å². The molecule has 0 aliphatic carbocycles. The molecule has 1 fully saturated rings. The SMILES string of the molecule is Cc1noc(C)c1COc1cccc(C(=O)N2CCOC[C@@H](Cc3ccc4nccn4c3)C2)c1. The maximum absolute atomic E-state index is 13.4. The number of aryl methyl sites for hydroxylation is 2. The normalized spacial score (nSPS) is 16.5. The molecule has 1 aromatic carbocycles. The molecule has 5 rings (SSSR count). The smallest absolute Gasteiger partial charge is 0.254 e. The predicted molar refractivity (Wildman–Crippen MR) is 126 cm³/mol. The Bertz CT molecular complexity index is 1280. The molecule has 3 aromatic heterocycles. The highest BCUT2D eigenvalue weighted by Crippen LogP contribution is 2.21. The van der Waals surface area contributed by atoms with Crippen LogP contribution >= 0.6 is 0 Å². The number of carbonyl (C=O) groups excluding carboxylic acids is 1. The molecule has 1 aliphatic heterocycles. The van der Waals surface area contributed by atoms with E-state index in [2.05, 4.69) is 22.4 Å². The summed E-state index contributed by atoms with van der Waals surface area (Å²) in [6, 6.07) is 11.5. The third-order valence-electron chi connectivity index (χ3n) is 6.24. The molecule has 176 valence electrons. The lowest BCUT2D eigenvalue weighted by atomic mass is 10.0. The van der Waals surface area contributed by atoms with E-state index in [0.29, 0.717) is 44.2 Å². The molecule has 34 heavy (non-hydrogen) atoms. The summed E-state index contributed by atoms with van der Waals surface area (Å²) in [5.41, 5.74) is 4.47. The van der Waals surface area contributed by atoms with Crippen LogP contribution in [0.4, 0.5) is 0 Å². The number of ether oxygens (including phenoxy) is 2. The van der Waals surface area contributed by atoms with E-state index in [0.717, 1.165) is 29.1 Å². The lowest BCUT2D eigenvalue weighted by Gasteiger charge is -2.24. The lowest BCUT2D eigenvalue weighted by Crippen LogP contribution is -2.36. The molecule has 0 saturated carbocycles. The third kappa shape index (κ3) is 4.82. The Kier molecular flexibility index (Phi) is 6.31. The van der Waals surface area contributed by atoms with Gasteiger partial charge in [-0.1, -0.05) is 17.3 Å². The van der Waals surface area contributed by atoms with Crippen LogP contribution in [0.25, 0.3) is 5.65 Å². The summed E-state index contributed by atoms with van der Waals surface area (Å²) in [6.07, 6.45) is 6.66. The largest absolute Gasteiger partial charge is 0.489 e. The van der Waals surface area contributed by atoms with E-state index in [1.807, 2.05) is 53.6 Å². The summed E-state index contributed by atoms with van der Waals surface area (Å²) in [5.74, 6) is 1.59. The van der Waals surface area contributed by atoms with Gasteiger partial charge in [-0.3, -0.25) is 4.79 Å². The first-order valence-electron chi connectivity index (χ1n) is 11.5. The van der Waals surface area contributed by atoms with Crippen molar-refractivity contribution in [3.63, 3.8) is 0 Å². The van der Waals surface area contributed by atoms with Gasteiger partial charge in [0.15, 0.2) is 0 Å². The van der Waals surface area contributed by atoms with E-state index in [1.54, 1.807) is 12.3 Å². The second-order valence-electron chi connectivity index (χ2n) is 8.75. The van der Waals surface area contributed by atoms with E-state index in [9.17, 15) is 4.79 Å². The summed E-state index contributed by atoms with van der Waals surface area (Å²) < 4.78 is 19.0. The Hall–Kier alpha value is -3.65. The Labute approximate surface area is 198 Å². The zero-order valence-corrected chi connectivity index (χ0v) is 19.4. The molecular weight excluding hydrogens is 432 g/mol. The van der Waals surface area contributed by atoms with Crippen molar-refractivity contribution in [2.75, 3.05) is 26.3 Å². The van der Waals surface area contributed by atoms with Gasteiger partial charge in [0.05, 0.1) is 24.5 Å². The fraction of sp³-hybridized carbons (Fsp3) is 0.346. The zero-order chi connectivity index (χ0) is 23.5. The van der Waals surface area contributed by atoms with Crippen LogP contribution in [0, 0.1) is 19.8 Å². The predicted octanol–water partition coefficient (Wildman–Crippen LogP) is 3.85. The van der Waals surface area contributed by atoms with Gasteiger partial charge in [-0.15, -0.1) is 0 Å². The molecule has 8 nitrogen and oxygen atoms in total. The van der Waals surface area contributed by atoms with Crippen molar-refractivity contribution in [1.29, 1.82) is 0 Å². The van der Waals surface area contributed by atoms with Gasteiger partial charge in [0.1, 0.15) is 23.8 Å². The third-order valence-corrected chi connectivity index (χ3v) is 6.24. The maximum Gasteiger partial charge on any atom is 0.254 e. The monoisotopic (exact) mass is 460 g/mol. The molecule has 1 aliphatic rings. The average molecular weight is 461 g/mol. The maximum atomic E-state index is 13.4. The fourth-order valence-corrected chi connectivity index (χ4v) is 4.37. The van der Waals surface area contributed by atoms with Crippen molar-refractivity contribution in [1.82, 2.24) is 19.4 Å². The highest BCUT2D eigenvalue weighted by atomic mass is 16.5. The minimum atomic E-state index is -0.0108. The number of amides is 1. The van der Waals surface area contributed by atoms with E-state index in [1.165, 1.54) is 5.56 Å². The summed E-state index contributed by atoms with van der Waals surface area (Å²) in [6.45, 7) is 6.48. The molecule has 1 saturated heterocycles. The first-order chi connectivity index (χ1) is 16.6. The standard InChI is InChI=1S/C26H28N4O4/c1-18-24(19(2)34-28-18)17-33-23-5-3-4-22(13-23)26(31)30-10-11-32-16-21(15-30)12-20-6-7-25-27-8-9-29(25)14-20/h3-9,13-14,21H,10-12,15-17H2,1-2H3/t21-/m0/s1. The van der Waals surface area contributed by atoms with Gasteiger partial charge in [0, 0.05) is 43.2 Å². The second kappa shape index (κ2) is 9.69. The number of benzene rings is 1. The van der Waals surface area contributed by atoms with Gasteiger partial charge in [-0.2, -0.15) is 0 Å². The van der Waals surface area contributed by atoms with Crippen LogP contribution in [0.1, 0.15) is 32.9 Å². The van der Waals surface area contributed by atoms with Gasteiger partial charge in [-0.05, 0) is 50.1 Å². The number of carbonyl (C=O) groups is 1. The number of fused-ring (bicyclic) bond motifs is 1. The van der Waals surface area contributed by atoms with E-state index >= 15 is 0 Å². The molecular formula is C26H28N4O4. The van der Waals surface area contributed by atoms with E-state index < -0.39 is 0 Å². The van der Waals surface area contributed by atoms with E-state index in [-0.39, 0.29) is 11.8 Å². The molecule has 4 heterocycles. The molecule has 1 amide bonds. The van der Waals surface area contributed by atoms with Crippen molar-refractivity contribution in [2.24, 2.45) is 5.92 Å². The van der Waals surface area contributed by atoms with Crippen LogP contribution in [-0.2, 0) is 17.8 Å². The van der Waals surface area contributed by atoms with Crippen LogP contribution in [0.3, 0.4) is 0 Å². The number of rotatable bonds is 6. The molecule has 1 atom stereocenters. The Morgan fingerprint density at radius 2 is 2.15 bits per heavy atom. The molecule has 0 bridgehead atoms. The number of pyridine rings is 1. The van der Waals surface area contributed by atoms with Gasteiger partial charge < -0.3 is 23.3 Å². The first kappa shape index (κ1) is 22.2. The second-order valence-corrected chi connectivity index (χ2v) is 8.75. The van der Waals surface area contributed by atoms with Crippen LogP contribution < -0.4 is 4.74 Å². The minimum absolute atomic E-state index is 0.0108. The summed E-state index contributed by atoms with van der Waals surface area (Å²) in [7, 11) is 0. The molecule has 0 radical (unpaired) electrons. The highest BCUT2D eigenvalue weighted by molar-refractivity contribution is 5.94. The number of nitrogens with zero attached hydrogens (tertiary/aromatic N) is 4. The summed E-state index contributed by atoms with van der Waals surface area (Å²) >= 11 is 0. The van der Waals surface area contributed by atoms with Crippen LogP contribution in [0.5, 0.6) is 5.75 Å². The summed E-state index contributed by atoms with van der Waals surface area (Å²) in [5, 5.41) is 3.96. The van der Waals surface area contributed by atoms with Crippen LogP contribution in [0.15, 0.2) is 59.5 Å².